The van der Waals surface area contributed by atoms with E-state index in [1.54, 1.807) is 0 Å². The van der Waals surface area contributed by atoms with Crippen molar-refractivity contribution in [2.45, 2.75) is 51.1 Å². The van der Waals surface area contributed by atoms with Gasteiger partial charge in [0.25, 0.3) is 0 Å². The number of aliphatic carboxylic acids is 1. The van der Waals surface area contributed by atoms with Crippen LogP contribution in [0.25, 0.3) is 0 Å². The molecule has 0 bridgehead atoms. The number of carboxylic acid groups (broad SMARTS) is 1. The number of carbonyl (C=O) groups excluding carboxylic acids is 1. The van der Waals surface area contributed by atoms with E-state index in [2.05, 4.69) is 22.8 Å². The number of benzene rings is 1. The molecule has 0 saturated heterocycles. The number of hydrogen-bond donors (Lipinski definition) is 3. The quantitative estimate of drug-likeness (QED) is 0.780. The zero-order valence-corrected chi connectivity index (χ0v) is 12.3. The molecule has 1 aromatic carbocycles. The highest BCUT2D eigenvalue weighted by atomic mass is 16.4. The van der Waals surface area contributed by atoms with Gasteiger partial charge in [0.05, 0.1) is 6.04 Å². The van der Waals surface area contributed by atoms with Crippen LogP contribution in [0.15, 0.2) is 24.3 Å². The van der Waals surface area contributed by atoms with Crippen molar-refractivity contribution in [2.75, 3.05) is 0 Å². The van der Waals surface area contributed by atoms with Crippen molar-refractivity contribution in [3.05, 3.63) is 35.4 Å². The number of aryl methyl sites for hydroxylation is 1. The van der Waals surface area contributed by atoms with Crippen LogP contribution in [0.5, 0.6) is 0 Å². The molecule has 1 aliphatic rings. The lowest BCUT2D eigenvalue weighted by Crippen LogP contribution is -2.43. The summed E-state index contributed by atoms with van der Waals surface area (Å²) >= 11 is 0. The number of fused-ring (bicyclic) bond motifs is 1. The molecule has 2 unspecified atom stereocenters. The van der Waals surface area contributed by atoms with Gasteiger partial charge in [-0.25, -0.2) is 4.79 Å². The van der Waals surface area contributed by atoms with Gasteiger partial charge < -0.3 is 15.7 Å². The molecule has 1 aliphatic carbocycles. The summed E-state index contributed by atoms with van der Waals surface area (Å²) in [7, 11) is 0. The molecule has 1 aromatic rings. The van der Waals surface area contributed by atoms with E-state index in [0.717, 1.165) is 19.3 Å². The molecular formula is C16H22N2O3. The van der Waals surface area contributed by atoms with Crippen LogP contribution in [0.4, 0.5) is 4.79 Å². The van der Waals surface area contributed by atoms with E-state index in [-0.39, 0.29) is 24.5 Å². The second-order valence-electron chi connectivity index (χ2n) is 5.59. The molecule has 5 heteroatoms. The lowest BCUT2D eigenvalue weighted by atomic mass is 9.88. The second kappa shape index (κ2) is 7.11. The predicted molar refractivity (Wildman–Crippen MR) is 80.1 cm³/mol. The van der Waals surface area contributed by atoms with Crippen LogP contribution in [0.1, 0.15) is 49.8 Å². The maximum Gasteiger partial charge on any atom is 0.315 e. The Morgan fingerprint density at radius 2 is 2.14 bits per heavy atom. The second-order valence-corrected chi connectivity index (χ2v) is 5.59. The van der Waals surface area contributed by atoms with Gasteiger partial charge in [-0.05, 0) is 43.7 Å². The van der Waals surface area contributed by atoms with Crippen LogP contribution in [-0.4, -0.2) is 23.1 Å². The lowest BCUT2D eigenvalue weighted by molar-refractivity contribution is -0.137. The van der Waals surface area contributed by atoms with E-state index < -0.39 is 5.97 Å². The molecule has 2 amide bonds. The van der Waals surface area contributed by atoms with Crippen molar-refractivity contribution in [3.8, 4) is 0 Å². The Bertz CT molecular complexity index is 516. The summed E-state index contributed by atoms with van der Waals surface area (Å²) in [5.41, 5.74) is 2.49. The Morgan fingerprint density at radius 1 is 1.38 bits per heavy atom. The minimum atomic E-state index is -0.842. The molecule has 5 nitrogen and oxygen atoms in total. The van der Waals surface area contributed by atoms with Crippen molar-refractivity contribution in [2.24, 2.45) is 0 Å². The summed E-state index contributed by atoms with van der Waals surface area (Å²) < 4.78 is 0. The van der Waals surface area contributed by atoms with E-state index in [0.29, 0.717) is 6.42 Å². The van der Waals surface area contributed by atoms with E-state index in [1.807, 2.05) is 19.1 Å². The average Bonchev–Trinajstić information content (AvgIpc) is 2.45. The molecular weight excluding hydrogens is 268 g/mol. The Balaban J connectivity index is 1.87. The topological polar surface area (TPSA) is 78.4 Å². The van der Waals surface area contributed by atoms with Gasteiger partial charge in [0, 0.05) is 12.5 Å². The van der Waals surface area contributed by atoms with Gasteiger partial charge in [-0.1, -0.05) is 24.3 Å². The molecule has 0 aromatic heterocycles. The number of hydrogen-bond acceptors (Lipinski definition) is 2. The van der Waals surface area contributed by atoms with Crippen LogP contribution in [0.3, 0.4) is 0 Å². The zero-order chi connectivity index (χ0) is 15.2. The SMILES string of the molecule is CC(CCC(=O)O)NC(=O)NC1CCCc2ccccc21. The minimum Gasteiger partial charge on any atom is -0.481 e. The molecule has 2 rings (SSSR count). The monoisotopic (exact) mass is 290 g/mol. The first kappa shape index (κ1) is 15.4. The van der Waals surface area contributed by atoms with Crippen molar-refractivity contribution < 1.29 is 14.7 Å². The number of urea groups is 1. The summed E-state index contributed by atoms with van der Waals surface area (Å²) in [4.78, 5) is 22.5. The molecule has 0 spiro atoms. The fourth-order valence-electron chi connectivity index (χ4n) is 2.74. The number of carboxylic acids is 1. The number of rotatable bonds is 5. The van der Waals surface area contributed by atoms with Crippen molar-refractivity contribution in [1.29, 1.82) is 0 Å². The average molecular weight is 290 g/mol. The maximum absolute atomic E-state index is 12.0. The summed E-state index contributed by atoms with van der Waals surface area (Å²) in [5, 5.41) is 14.4. The first-order chi connectivity index (χ1) is 10.1. The maximum atomic E-state index is 12.0. The molecule has 0 fully saturated rings. The first-order valence-electron chi connectivity index (χ1n) is 7.43. The van der Waals surface area contributed by atoms with Crippen LogP contribution in [0.2, 0.25) is 0 Å². The molecule has 0 saturated carbocycles. The largest absolute Gasteiger partial charge is 0.481 e. The Labute approximate surface area is 124 Å². The van der Waals surface area contributed by atoms with Crippen molar-refractivity contribution >= 4 is 12.0 Å². The van der Waals surface area contributed by atoms with Crippen molar-refractivity contribution in [3.63, 3.8) is 0 Å². The van der Waals surface area contributed by atoms with E-state index in [1.165, 1.54) is 11.1 Å². The van der Waals surface area contributed by atoms with Crippen LogP contribution < -0.4 is 10.6 Å². The van der Waals surface area contributed by atoms with Crippen LogP contribution in [-0.2, 0) is 11.2 Å². The molecule has 114 valence electrons. The summed E-state index contributed by atoms with van der Waals surface area (Å²) in [5.74, 6) is -0.842. The molecule has 2 atom stereocenters. The van der Waals surface area contributed by atoms with E-state index in [9.17, 15) is 9.59 Å². The van der Waals surface area contributed by atoms with E-state index >= 15 is 0 Å². The van der Waals surface area contributed by atoms with Crippen LogP contribution in [0, 0.1) is 0 Å². The highest BCUT2D eigenvalue weighted by Crippen LogP contribution is 2.29. The third-order valence-electron chi connectivity index (χ3n) is 3.84. The van der Waals surface area contributed by atoms with Gasteiger partial charge in [-0.3, -0.25) is 4.79 Å². The minimum absolute atomic E-state index is 0.0432. The van der Waals surface area contributed by atoms with Gasteiger partial charge in [0.2, 0.25) is 0 Å². The van der Waals surface area contributed by atoms with Crippen LogP contribution >= 0.6 is 0 Å². The Kier molecular flexibility index (Phi) is 5.20. The highest BCUT2D eigenvalue weighted by Gasteiger charge is 2.21. The molecule has 3 N–H and O–H groups in total. The van der Waals surface area contributed by atoms with Gasteiger partial charge in [0.1, 0.15) is 0 Å². The van der Waals surface area contributed by atoms with Gasteiger partial charge in [-0.2, -0.15) is 0 Å². The number of carbonyl (C=O) groups is 2. The predicted octanol–water partition coefficient (Wildman–Crippen LogP) is 2.62. The Morgan fingerprint density at radius 3 is 2.90 bits per heavy atom. The fraction of sp³-hybridized carbons (Fsp3) is 0.500. The molecule has 0 aliphatic heterocycles. The third-order valence-corrected chi connectivity index (χ3v) is 3.84. The van der Waals surface area contributed by atoms with Gasteiger partial charge in [-0.15, -0.1) is 0 Å². The Hall–Kier alpha value is -2.04. The molecule has 0 heterocycles. The standard InChI is InChI=1S/C16H22N2O3/c1-11(9-10-15(19)20)17-16(21)18-14-8-4-6-12-5-2-3-7-13(12)14/h2-3,5,7,11,14H,4,6,8-10H2,1H3,(H,19,20)(H2,17,18,21). The zero-order valence-electron chi connectivity index (χ0n) is 12.3. The van der Waals surface area contributed by atoms with Gasteiger partial charge in [0.15, 0.2) is 0 Å². The van der Waals surface area contributed by atoms with Crippen molar-refractivity contribution in [1.82, 2.24) is 10.6 Å². The summed E-state index contributed by atoms with van der Waals surface area (Å²) in [6.07, 6.45) is 3.56. The van der Waals surface area contributed by atoms with E-state index in [4.69, 9.17) is 5.11 Å². The number of amides is 2. The third kappa shape index (κ3) is 4.48. The first-order valence-corrected chi connectivity index (χ1v) is 7.43. The fourth-order valence-corrected chi connectivity index (χ4v) is 2.74. The van der Waals surface area contributed by atoms with Gasteiger partial charge >= 0.3 is 12.0 Å². The normalized spacial score (nSPS) is 18.4. The highest BCUT2D eigenvalue weighted by molar-refractivity contribution is 5.75. The lowest BCUT2D eigenvalue weighted by Gasteiger charge is -2.27. The molecule has 21 heavy (non-hydrogen) atoms. The smallest absolute Gasteiger partial charge is 0.315 e. The molecule has 0 radical (unpaired) electrons. The summed E-state index contributed by atoms with van der Waals surface area (Å²) in [6, 6.07) is 7.85. The summed E-state index contributed by atoms with van der Waals surface area (Å²) in [6.45, 7) is 1.82. The number of nitrogens with one attached hydrogen (secondary N) is 2.